The molecule has 0 aliphatic carbocycles. The van der Waals surface area contributed by atoms with Gasteiger partial charge in [0.05, 0.1) is 0 Å². The van der Waals surface area contributed by atoms with Crippen LogP contribution in [0.15, 0.2) is 30.3 Å². The van der Waals surface area contributed by atoms with Crippen molar-refractivity contribution in [2.45, 2.75) is 26.7 Å². The van der Waals surface area contributed by atoms with Crippen LogP contribution in [0.2, 0.25) is 0 Å². The quantitative estimate of drug-likeness (QED) is 0.619. The van der Waals surface area contributed by atoms with Crippen LogP contribution in [0.3, 0.4) is 0 Å². The zero-order chi connectivity index (χ0) is 17.3. The number of benzene rings is 1. The molecule has 0 heterocycles. The molecule has 0 radical (unpaired) electrons. The molecule has 1 aromatic rings. The van der Waals surface area contributed by atoms with Crippen LogP contribution in [0.4, 0.5) is 0 Å². The average Bonchev–Trinajstić information content (AvgIpc) is 2.52. The number of rotatable bonds is 11. The van der Waals surface area contributed by atoms with E-state index in [0.717, 1.165) is 19.4 Å². The first-order chi connectivity index (χ1) is 10.9. The van der Waals surface area contributed by atoms with Crippen molar-refractivity contribution >= 4 is 10.2 Å². The van der Waals surface area contributed by atoms with Crippen LogP contribution in [0.1, 0.15) is 25.8 Å². The second-order valence-electron chi connectivity index (χ2n) is 5.88. The predicted octanol–water partition coefficient (Wildman–Crippen LogP) is 2.07. The van der Waals surface area contributed by atoms with E-state index in [9.17, 15) is 8.42 Å². The third kappa shape index (κ3) is 6.59. The monoisotopic (exact) mass is 341 g/mol. The molecule has 23 heavy (non-hydrogen) atoms. The third-order valence-corrected chi connectivity index (χ3v) is 6.06. The number of aryl methyl sites for hydroxylation is 1. The fourth-order valence-electron chi connectivity index (χ4n) is 2.47. The van der Waals surface area contributed by atoms with Gasteiger partial charge in [0.25, 0.3) is 10.2 Å². The van der Waals surface area contributed by atoms with E-state index in [-0.39, 0.29) is 0 Å². The Balaban J connectivity index is 2.71. The Hall–Kier alpha value is -0.950. The second kappa shape index (κ2) is 10.0. The van der Waals surface area contributed by atoms with Gasteiger partial charge in [-0.2, -0.15) is 17.0 Å². The van der Waals surface area contributed by atoms with E-state index in [0.29, 0.717) is 26.2 Å². The van der Waals surface area contributed by atoms with Crippen molar-refractivity contribution in [3.05, 3.63) is 35.9 Å². The Morgan fingerprint density at radius 3 is 2.00 bits per heavy atom. The van der Waals surface area contributed by atoms with E-state index in [4.69, 9.17) is 0 Å². The first-order valence-electron chi connectivity index (χ1n) is 8.35. The molecule has 1 aromatic carbocycles. The summed E-state index contributed by atoms with van der Waals surface area (Å²) in [5, 5.41) is 0. The van der Waals surface area contributed by atoms with Gasteiger partial charge in [-0.05, 0) is 32.5 Å². The van der Waals surface area contributed by atoms with E-state index in [2.05, 4.69) is 12.1 Å². The summed E-state index contributed by atoms with van der Waals surface area (Å²) in [6.45, 7) is 6.60. The largest absolute Gasteiger partial charge is 0.308 e. The minimum atomic E-state index is -3.37. The molecular weight excluding hydrogens is 310 g/mol. The lowest BCUT2D eigenvalue weighted by Crippen LogP contribution is -2.46. The predicted molar refractivity (Wildman–Crippen MR) is 96.7 cm³/mol. The highest BCUT2D eigenvalue weighted by molar-refractivity contribution is 7.86. The second-order valence-corrected chi connectivity index (χ2v) is 7.81. The molecule has 0 atom stereocenters. The lowest BCUT2D eigenvalue weighted by atomic mass is 10.1. The van der Waals surface area contributed by atoms with Crippen LogP contribution >= 0.6 is 0 Å². The number of nitrogens with zero attached hydrogens (tertiary/aromatic N) is 3. The summed E-state index contributed by atoms with van der Waals surface area (Å²) in [6, 6.07) is 10.2. The molecule has 0 fully saturated rings. The number of likely N-dealkylation sites (N-methyl/N-ethyl adjacent to an activating group) is 1. The van der Waals surface area contributed by atoms with Gasteiger partial charge in [0.15, 0.2) is 0 Å². The minimum absolute atomic E-state index is 0.510. The highest BCUT2D eigenvalue weighted by Gasteiger charge is 2.26. The SMILES string of the molecule is CCN(CC)S(=O)(=O)N(CCCc1ccccc1)CCN(C)C. The van der Waals surface area contributed by atoms with Gasteiger partial charge in [0.2, 0.25) is 0 Å². The first-order valence-corrected chi connectivity index (χ1v) is 9.75. The van der Waals surface area contributed by atoms with Gasteiger partial charge >= 0.3 is 0 Å². The smallest absolute Gasteiger partial charge is 0.281 e. The lowest BCUT2D eigenvalue weighted by Gasteiger charge is -2.29. The van der Waals surface area contributed by atoms with Gasteiger partial charge in [-0.1, -0.05) is 44.2 Å². The molecule has 0 amide bonds. The summed E-state index contributed by atoms with van der Waals surface area (Å²) in [5.74, 6) is 0. The van der Waals surface area contributed by atoms with E-state index in [1.54, 1.807) is 4.31 Å². The van der Waals surface area contributed by atoms with Crippen molar-refractivity contribution in [2.75, 3.05) is 46.8 Å². The zero-order valence-corrected chi connectivity index (χ0v) is 15.7. The molecule has 0 aliphatic heterocycles. The highest BCUT2D eigenvalue weighted by Crippen LogP contribution is 2.11. The van der Waals surface area contributed by atoms with Crippen molar-refractivity contribution in [3.8, 4) is 0 Å². The molecule has 0 aromatic heterocycles. The number of hydrogen-bond donors (Lipinski definition) is 0. The van der Waals surface area contributed by atoms with Gasteiger partial charge in [0, 0.05) is 32.7 Å². The summed E-state index contributed by atoms with van der Waals surface area (Å²) in [5.41, 5.74) is 1.25. The van der Waals surface area contributed by atoms with Gasteiger partial charge in [-0.25, -0.2) is 0 Å². The Kier molecular flexibility index (Phi) is 8.76. The molecular formula is C17H31N3O2S. The maximum Gasteiger partial charge on any atom is 0.281 e. The van der Waals surface area contributed by atoms with Crippen LogP contribution in [-0.4, -0.2) is 68.7 Å². The Morgan fingerprint density at radius 1 is 0.870 bits per heavy atom. The van der Waals surface area contributed by atoms with Gasteiger partial charge < -0.3 is 4.90 Å². The van der Waals surface area contributed by atoms with Gasteiger partial charge in [-0.3, -0.25) is 0 Å². The maximum absolute atomic E-state index is 12.8. The summed E-state index contributed by atoms with van der Waals surface area (Å²) >= 11 is 0. The highest BCUT2D eigenvalue weighted by atomic mass is 32.2. The van der Waals surface area contributed by atoms with Crippen molar-refractivity contribution in [1.29, 1.82) is 0 Å². The van der Waals surface area contributed by atoms with Crippen LogP contribution < -0.4 is 0 Å². The molecule has 0 spiro atoms. The van der Waals surface area contributed by atoms with E-state index in [1.807, 2.05) is 51.0 Å². The molecule has 0 N–H and O–H groups in total. The van der Waals surface area contributed by atoms with E-state index < -0.39 is 10.2 Å². The molecule has 1 rings (SSSR count). The average molecular weight is 342 g/mol. The third-order valence-electron chi connectivity index (χ3n) is 3.87. The van der Waals surface area contributed by atoms with Crippen molar-refractivity contribution in [2.24, 2.45) is 0 Å². The lowest BCUT2D eigenvalue weighted by molar-refractivity contribution is 0.306. The summed E-state index contributed by atoms with van der Waals surface area (Å²) < 4.78 is 28.7. The molecule has 0 saturated heterocycles. The summed E-state index contributed by atoms with van der Waals surface area (Å²) in [6.07, 6.45) is 1.73. The molecule has 5 nitrogen and oxygen atoms in total. The normalized spacial score (nSPS) is 12.5. The van der Waals surface area contributed by atoms with Gasteiger partial charge in [0.1, 0.15) is 0 Å². The Labute approximate surface area is 142 Å². The standard InChI is InChI=1S/C17H31N3O2S/c1-5-19(6-2)23(21,22)20(16-15-18(3)4)14-10-13-17-11-8-7-9-12-17/h7-9,11-12H,5-6,10,13-16H2,1-4H3. The van der Waals surface area contributed by atoms with Crippen LogP contribution in [0.5, 0.6) is 0 Å². The maximum atomic E-state index is 12.8. The van der Waals surface area contributed by atoms with Crippen LogP contribution in [-0.2, 0) is 16.6 Å². The summed E-state index contributed by atoms with van der Waals surface area (Å²) in [7, 11) is 0.556. The van der Waals surface area contributed by atoms with Crippen LogP contribution in [0.25, 0.3) is 0 Å². The zero-order valence-electron chi connectivity index (χ0n) is 14.9. The molecule has 6 heteroatoms. The molecule has 132 valence electrons. The van der Waals surface area contributed by atoms with Crippen molar-refractivity contribution in [3.63, 3.8) is 0 Å². The molecule has 0 aliphatic rings. The molecule has 0 bridgehead atoms. The Morgan fingerprint density at radius 2 is 1.48 bits per heavy atom. The molecule has 0 unspecified atom stereocenters. The fourth-order valence-corrected chi connectivity index (χ4v) is 4.12. The topological polar surface area (TPSA) is 43.9 Å². The molecule has 0 saturated carbocycles. The Bertz CT molecular complexity index is 528. The van der Waals surface area contributed by atoms with E-state index >= 15 is 0 Å². The minimum Gasteiger partial charge on any atom is -0.308 e. The number of hydrogen-bond acceptors (Lipinski definition) is 3. The van der Waals surface area contributed by atoms with Crippen molar-refractivity contribution in [1.82, 2.24) is 13.5 Å². The summed E-state index contributed by atoms with van der Waals surface area (Å²) in [4.78, 5) is 2.02. The van der Waals surface area contributed by atoms with E-state index in [1.165, 1.54) is 9.87 Å². The van der Waals surface area contributed by atoms with Crippen molar-refractivity contribution < 1.29 is 8.42 Å². The fraction of sp³-hybridized carbons (Fsp3) is 0.647. The first kappa shape index (κ1) is 20.1. The van der Waals surface area contributed by atoms with Gasteiger partial charge in [-0.15, -0.1) is 0 Å². The van der Waals surface area contributed by atoms with Crippen LogP contribution in [0, 0.1) is 0 Å².